The fraction of sp³-hybridized carbons (Fsp3) is 0. The van der Waals surface area contributed by atoms with Crippen LogP contribution in [0.1, 0.15) is 0 Å². The SMILES string of the molecule is O.O.O.O=P([O-])([O-])OP(=O)([O-])[O-].[Cu+4]. The Labute approximate surface area is 82.8 Å². The average molecular weight is 292 g/mol. The molecule has 0 aliphatic heterocycles. The molecule has 0 heterocycles. The van der Waals surface area contributed by atoms with E-state index < -0.39 is 15.6 Å². The Bertz CT molecular complexity index is 153. The molecule has 13 heteroatoms. The summed E-state index contributed by atoms with van der Waals surface area (Å²) in [6.07, 6.45) is 0. The van der Waals surface area contributed by atoms with Gasteiger partial charge in [-0.3, -0.25) is 0 Å². The van der Waals surface area contributed by atoms with Crippen molar-refractivity contribution >= 4 is 15.6 Å². The zero-order valence-electron chi connectivity index (χ0n) is 5.55. The standard InChI is InChI=1S/Cu.H4O7P2.3H2O/c;1-8(2,3)7-9(4,5)6;;;/h;(H2,1,2,3)(H2,4,5,6);3*1H2/q+4;;;;/p-4. The summed E-state index contributed by atoms with van der Waals surface area (Å²) < 4.78 is 21.2. The van der Waals surface area contributed by atoms with Crippen molar-refractivity contribution in [2.75, 3.05) is 0 Å². The maximum Gasteiger partial charge on any atom is 4.00 e. The minimum atomic E-state index is -5.68. The first-order valence-electron chi connectivity index (χ1n) is 1.46. The van der Waals surface area contributed by atoms with E-state index >= 15 is 0 Å². The summed E-state index contributed by atoms with van der Waals surface area (Å²) in [6.45, 7) is 0. The second-order valence-corrected chi connectivity index (χ2v) is 3.42. The molecule has 87 valence electrons. The van der Waals surface area contributed by atoms with E-state index in [1.807, 2.05) is 0 Å². The Morgan fingerprint density at radius 2 is 0.923 bits per heavy atom. The van der Waals surface area contributed by atoms with Crippen molar-refractivity contribution in [3.05, 3.63) is 0 Å². The van der Waals surface area contributed by atoms with Crippen LogP contribution in [-0.2, 0) is 30.5 Å². The molecule has 0 fully saturated rings. The molecular formula is H6CuO10P2. The van der Waals surface area contributed by atoms with Crippen LogP contribution in [0.4, 0.5) is 0 Å². The number of phosphoric acid groups is 2. The molecule has 0 saturated carbocycles. The predicted molar refractivity (Wildman–Crippen MR) is 27.1 cm³/mol. The molecule has 0 aliphatic rings. The monoisotopic (exact) mass is 291 g/mol. The Balaban J connectivity index is -0.0000000533. The molecule has 1 radical (unpaired) electrons. The van der Waals surface area contributed by atoms with Gasteiger partial charge in [-0.15, -0.1) is 0 Å². The van der Waals surface area contributed by atoms with Crippen LogP contribution < -0.4 is 19.6 Å². The van der Waals surface area contributed by atoms with Gasteiger partial charge in [0.1, 0.15) is 0 Å². The molecule has 0 aromatic carbocycles. The van der Waals surface area contributed by atoms with Gasteiger partial charge < -0.3 is 49.4 Å². The minimum Gasteiger partial charge on any atom is -0.790 e. The zero-order valence-corrected chi connectivity index (χ0v) is 8.28. The van der Waals surface area contributed by atoms with Crippen LogP contribution >= 0.6 is 15.6 Å². The Morgan fingerprint density at radius 1 is 0.769 bits per heavy atom. The molecule has 0 aliphatic carbocycles. The average Bonchev–Trinajstić information content (AvgIpc) is 1.14. The summed E-state index contributed by atoms with van der Waals surface area (Å²) in [5.74, 6) is 0. The van der Waals surface area contributed by atoms with Gasteiger partial charge in [-0.25, -0.2) is 0 Å². The molecule has 0 rings (SSSR count). The first kappa shape index (κ1) is 29.2. The van der Waals surface area contributed by atoms with E-state index in [0.717, 1.165) is 0 Å². The molecule has 10 nitrogen and oxygen atoms in total. The third-order valence-electron chi connectivity index (χ3n) is 0.200. The van der Waals surface area contributed by atoms with Gasteiger partial charge in [-0.05, 0) is 0 Å². The van der Waals surface area contributed by atoms with Crippen molar-refractivity contribution in [1.29, 1.82) is 0 Å². The van der Waals surface area contributed by atoms with Crippen molar-refractivity contribution < 1.29 is 66.5 Å². The number of hydrogen-bond donors (Lipinski definition) is 0. The van der Waals surface area contributed by atoms with Crippen LogP contribution in [0.25, 0.3) is 0 Å². The van der Waals surface area contributed by atoms with Gasteiger partial charge in [-0.2, -0.15) is 0 Å². The molecule has 0 atom stereocenters. The maximum absolute atomic E-state index is 9.32. The van der Waals surface area contributed by atoms with Gasteiger partial charge in [0, 0.05) is 0 Å². The molecule has 0 spiro atoms. The van der Waals surface area contributed by atoms with Crippen LogP contribution in [0.3, 0.4) is 0 Å². The third-order valence-corrected chi connectivity index (χ3v) is 1.80. The van der Waals surface area contributed by atoms with Gasteiger partial charge in [-0.1, -0.05) is 0 Å². The van der Waals surface area contributed by atoms with E-state index in [1.54, 1.807) is 0 Å². The van der Waals surface area contributed by atoms with Gasteiger partial charge in [0.25, 0.3) is 0 Å². The summed E-state index contributed by atoms with van der Waals surface area (Å²) in [7, 11) is -11.4. The van der Waals surface area contributed by atoms with Crippen molar-refractivity contribution in [3.8, 4) is 0 Å². The van der Waals surface area contributed by atoms with E-state index in [-0.39, 0.29) is 33.5 Å². The van der Waals surface area contributed by atoms with Crippen LogP contribution in [0.15, 0.2) is 0 Å². The molecule has 0 aromatic rings. The van der Waals surface area contributed by atoms with E-state index in [1.165, 1.54) is 0 Å². The van der Waals surface area contributed by atoms with Crippen LogP contribution in [0.2, 0.25) is 0 Å². The van der Waals surface area contributed by atoms with Gasteiger partial charge in [0.15, 0.2) is 0 Å². The molecule has 0 aromatic heterocycles. The third kappa shape index (κ3) is 32.4. The van der Waals surface area contributed by atoms with E-state index in [9.17, 15) is 28.7 Å². The molecule has 0 saturated heterocycles. The maximum atomic E-state index is 9.32. The largest absolute Gasteiger partial charge is 4.00 e. The molecule has 0 bridgehead atoms. The van der Waals surface area contributed by atoms with E-state index in [0.29, 0.717) is 0 Å². The van der Waals surface area contributed by atoms with Crippen molar-refractivity contribution in [1.82, 2.24) is 0 Å². The molecule has 0 unspecified atom stereocenters. The van der Waals surface area contributed by atoms with Crippen molar-refractivity contribution in [2.24, 2.45) is 0 Å². The molecule has 13 heavy (non-hydrogen) atoms. The van der Waals surface area contributed by atoms with Gasteiger partial charge >= 0.3 is 17.1 Å². The Hall–Kier alpha value is 0.659. The fourth-order valence-corrected chi connectivity index (χ4v) is 1.10. The van der Waals surface area contributed by atoms with Gasteiger partial charge in [0.2, 0.25) is 0 Å². The van der Waals surface area contributed by atoms with Crippen LogP contribution in [-0.4, -0.2) is 16.4 Å². The quantitative estimate of drug-likeness (QED) is 0.352. The number of rotatable bonds is 2. The van der Waals surface area contributed by atoms with Crippen LogP contribution in [0, 0.1) is 0 Å². The second-order valence-electron chi connectivity index (χ2n) is 0.976. The topological polar surface area (TPSA) is 230 Å². The normalized spacial score (nSPS) is 9.54. The molecule has 6 N–H and O–H groups in total. The Kier molecular flexibility index (Phi) is 20.7. The summed E-state index contributed by atoms with van der Waals surface area (Å²) in [5.41, 5.74) is 0. The smallest absolute Gasteiger partial charge is 0.790 e. The first-order valence-corrected chi connectivity index (χ1v) is 4.38. The second kappa shape index (κ2) is 9.22. The van der Waals surface area contributed by atoms with Gasteiger partial charge in [0.05, 0.1) is 15.6 Å². The summed E-state index contributed by atoms with van der Waals surface area (Å²) in [5, 5.41) is 0. The Morgan fingerprint density at radius 3 is 0.923 bits per heavy atom. The summed E-state index contributed by atoms with van der Waals surface area (Å²) >= 11 is 0. The summed E-state index contributed by atoms with van der Waals surface area (Å²) in [6, 6.07) is 0. The molecule has 0 amide bonds. The summed E-state index contributed by atoms with van der Waals surface area (Å²) in [4.78, 5) is 37.3. The molecular weight excluding hydrogens is 285 g/mol. The minimum absolute atomic E-state index is 0. The van der Waals surface area contributed by atoms with Crippen molar-refractivity contribution in [2.45, 2.75) is 0 Å². The number of hydrogen-bond acceptors (Lipinski definition) is 7. The zero-order chi connectivity index (χ0) is 7.71. The first-order chi connectivity index (χ1) is 3.71. The predicted octanol–water partition coefficient (Wildman–Crippen LogP) is -5.82. The van der Waals surface area contributed by atoms with E-state index in [2.05, 4.69) is 4.31 Å². The van der Waals surface area contributed by atoms with Crippen molar-refractivity contribution in [3.63, 3.8) is 0 Å². The fourth-order valence-electron chi connectivity index (χ4n) is 0.122. The van der Waals surface area contributed by atoms with E-state index in [4.69, 9.17) is 0 Å². The van der Waals surface area contributed by atoms with Crippen LogP contribution in [0.5, 0.6) is 0 Å².